The van der Waals surface area contributed by atoms with Crippen molar-refractivity contribution in [3.63, 3.8) is 0 Å². The maximum Gasteiger partial charge on any atom is 0.0208 e. The van der Waals surface area contributed by atoms with Crippen molar-refractivity contribution in [1.82, 2.24) is 5.32 Å². The summed E-state index contributed by atoms with van der Waals surface area (Å²) in [4.78, 5) is 0. The van der Waals surface area contributed by atoms with E-state index < -0.39 is 0 Å². The van der Waals surface area contributed by atoms with Gasteiger partial charge >= 0.3 is 0 Å². The van der Waals surface area contributed by atoms with E-state index in [0.29, 0.717) is 0 Å². The van der Waals surface area contributed by atoms with Gasteiger partial charge in [-0.2, -0.15) is 9.90 Å². The first-order chi connectivity index (χ1) is 7.45. The van der Waals surface area contributed by atoms with Gasteiger partial charge in [0.1, 0.15) is 0 Å². The van der Waals surface area contributed by atoms with E-state index in [0.717, 1.165) is 13.1 Å². The minimum atomic E-state index is 0. The maximum absolute atomic E-state index is 3.42. The third-order valence-corrected chi connectivity index (χ3v) is 2.34. The molecule has 0 saturated heterocycles. The number of hydrogen-bond acceptors (Lipinski definition) is 1. The number of benzene rings is 2. The Kier molecular flexibility index (Phi) is 5.77. The second-order valence-corrected chi connectivity index (χ2v) is 3.57. The molecule has 0 amide bonds. The van der Waals surface area contributed by atoms with Crippen molar-refractivity contribution in [3.05, 3.63) is 71.8 Å². The summed E-state index contributed by atoms with van der Waals surface area (Å²) in [6.45, 7) is 1.85. The van der Waals surface area contributed by atoms with Crippen molar-refractivity contribution in [2.24, 2.45) is 0 Å². The highest BCUT2D eigenvalue weighted by molar-refractivity contribution is 6.92. The van der Waals surface area contributed by atoms with Gasteiger partial charge in [-0.05, 0) is 11.1 Å². The van der Waals surface area contributed by atoms with Gasteiger partial charge in [0.25, 0.3) is 0 Å². The highest BCUT2D eigenvalue weighted by Crippen LogP contribution is 2.00. The monoisotopic (exact) mass is 231 g/mol. The van der Waals surface area contributed by atoms with E-state index >= 15 is 0 Å². The summed E-state index contributed by atoms with van der Waals surface area (Å²) in [5, 5.41) is 3.42. The summed E-state index contributed by atoms with van der Waals surface area (Å²) < 4.78 is 0. The fourth-order valence-electron chi connectivity index (χ4n) is 1.54. The molecule has 2 rings (SSSR count). The van der Waals surface area contributed by atoms with Crippen LogP contribution in [-0.4, -0.2) is 0 Å². The van der Waals surface area contributed by atoms with E-state index in [9.17, 15) is 0 Å². The molecule has 0 saturated carbocycles. The van der Waals surface area contributed by atoms with Gasteiger partial charge in [-0.15, -0.1) is 0 Å². The molecule has 0 fully saturated rings. The van der Waals surface area contributed by atoms with E-state index in [1.807, 2.05) is 12.1 Å². The molecule has 0 aromatic heterocycles. The predicted molar refractivity (Wildman–Crippen MR) is 74.5 cm³/mol. The highest BCUT2D eigenvalue weighted by atomic mass is 31.0. The topological polar surface area (TPSA) is 12.0 Å². The van der Waals surface area contributed by atoms with E-state index in [1.54, 1.807) is 0 Å². The molecule has 84 valence electrons. The molecule has 0 radical (unpaired) electrons. The van der Waals surface area contributed by atoms with E-state index in [2.05, 4.69) is 53.8 Å². The van der Waals surface area contributed by atoms with Crippen molar-refractivity contribution >= 4 is 9.90 Å². The standard InChI is InChI=1S/C14H15N.H3P/c1-3-7-13(8-4-1)11-15-12-14-9-5-2-6-10-14;/h1-10,15H,11-12H2;1H3. The van der Waals surface area contributed by atoms with Crippen LogP contribution in [-0.2, 0) is 13.1 Å². The average molecular weight is 231 g/mol. The highest BCUT2D eigenvalue weighted by Gasteiger charge is 1.92. The Labute approximate surface area is 101 Å². The van der Waals surface area contributed by atoms with E-state index in [-0.39, 0.29) is 9.90 Å². The molecule has 0 bridgehead atoms. The zero-order valence-electron chi connectivity index (χ0n) is 9.39. The van der Waals surface area contributed by atoms with Crippen molar-refractivity contribution in [2.45, 2.75) is 13.1 Å². The quantitative estimate of drug-likeness (QED) is 0.797. The smallest absolute Gasteiger partial charge is 0.0208 e. The van der Waals surface area contributed by atoms with E-state index in [1.165, 1.54) is 11.1 Å². The number of hydrogen-bond donors (Lipinski definition) is 1. The molecular formula is C14H18NP. The third-order valence-electron chi connectivity index (χ3n) is 2.34. The summed E-state index contributed by atoms with van der Waals surface area (Å²) in [6.07, 6.45) is 0. The van der Waals surface area contributed by atoms with E-state index in [4.69, 9.17) is 0 Å². The lowest BCUT2D eigenvalue weighted by Crippen LogP contribution is -2.12. The SMILES string of the molecule is P.c1ccc(CNCc2ccccc2)cc1. The Morgan fingerprint density at radius 1 is 0.625 bits per heavy atom. The van der Waals surface area contributed by atoms with Gasteiger partial charge in [-0.3, -0.25) is 0 Å². The number of rotatable bonds is 4. The summed E-state index contributed by atoms with van der Waals surface area (Å²) in [5.74, 6) is 0. The molecule has 2 aromatic carbocycles. The van der Waals surface area contributed by atoms with Crippen LogP contribution in [0.1, 0.15) is 11.1 Å². The molecular weight excluding hydrogens is 213 g/mol. The number of nitrogens with one attached hydrogen (secondary N) is 1. The molecule has 2 heteroatoms. The van der Waals surface area contributed by atoms with Crippen LogP contribution in [0, 0.1) is 0 Å². The van der Waals surface area contributed by atoms with Crippen molar-refractivity contribution < 1.29 is 0 Å². The normalized spacial score (nSPS) is 9.50. The Hall–Kier alpha value is -1.17. The summed E-state index contributed by atoms with van der Waals surface area (Å²) >= 11 is 0. The molecule has 1 atom stereocenters. The largest absolute Gasteiger partial charge is 0.309 e. The van der Waals surface area contributed by atoms with Gasteiger partial charge in [0.15, 0.2) is 0 Å². The summed E-state index contributed by atoms with van der Waals surface area (Å²) in [7, 11) is 0. The van der Waals surface area contributed by atoms with Gasteiger partial charge in [0.05, 0.1) is 0 Å². The van der Waals surface area contributed by atoms with Gasteiger partial charge in [-0.25, -0.2) is 0 Å². The van der Waals surface area contributed by atoms with Gasteiger partial charge in [0.2, 0.25) is 0 Å². The molecule has 0 heterocycles. The third kappa shape index (κ3) is 4.14. The second-order valence-electron chi connectivity index (χ2n) is 3.57. The molecule has 1 nitrogen and oxygen atoms in total. The van der Waals surface area contributed by atoms with Gasteiger partial charge in [0, 0.05) is 13.1 Å². The zero-order chi connectivity index (χ0) is 10.3. The molecule has 16 heavy (non-hydrogen) atoms. The van der Waals surface area contributed by atoms with Crippen LogP contribution in [0.4, 0.5) is 0 Å². The minimum Gasteiger partial charge on any atom is -0.309 e. The molecule has 2 aromatic rings. The van der Waals surface area contributed by atoms with Gasteiger partial charge in [-0.1, -0.05) is 60.7 Å². The van der Waals surface area contributed by atoms with Crippen molar-refractivity contribution in [2.75, 3.05) is 0 Å². The van der Waals surface area contributed by atoms with Crippen molar-refractivity contribution in [1.29, 1.82) is 0 Å². The van der Waals surface area contributed by atoms with Crippen LogP contribution in [0.3, 0.4) is 0 Å². The lowest BCUT2D eigenvalue weighted by atomic mass is 10.2. The first kappa shape index (κ1) is 12.9. The van der Waals surface area contributed by atoms with Crippen LogP contribution < -0.4 is 5.32 Å². The minimum absolute atomic E-state index is 0. The Morgan fingerprint density at radius 2 is 1.00 bits per heavy atom. The van der Waals surface area contributed by atoms with Crippen molar-refractivity contribution in [3.8, 4) is 0 Å². The summed E-state index contributed by atoms with van der Waals surface area (Å²) in [5.41, 5.74) is 2.65. The molecule has 1 N–H and O–H groups in total. The fraction of sp³-hybridized carbons (Fsp3) is 0.143. The zero-order valence-corrected chi connectivity index (χ0v) is 10.8. The first-order valence-corrected chi connectivity index (χ1v) is 5.24. The summed E-state index contributed by atoms with van der Waals surface area (Å²) in [6, 6.07) is 20.9. The lowest BCUT2D eigenvalue weighted by Gasteiger charge is -2.04. The van der Waals surface area contributed by atoms with Crippen LogP contribution in [0.2, 0.25) is 0 Å². The lowest BCUT2D eigenvalue weighted by molar-refractivity contribution is 0.693. The molecule has 0 aliphatic carbocycles. The average Bonchev–Trinajstić information content (AvgIpc) is 2.32. The van der Waals surface area contributed by atoms with Crippen LogP contribution >= 0.6 is 9.90 Å². The molecule has 0 aliphatic rings. The van der Waals surface area contributed by atoms with Crippen LogP contribution in [0.25, 0.3) is 0 Å². The first-order valence-electron chi connectivity index (χ1n) is 5.24. The second kappa shape index (κ2) is 7.16. The Balaban J connectivity index is 0.00000128. The van der Waals surface area contributed by atoms with Gasteiger partial charge < -0.3 is 5.32 Å². The molecule has 0 spiro atoms. The molecule has 0 aliphatic heterocycles. The molecule has 1 unspecified atom stereocenters. The predicted octanol–water partition coefficient (Wildman–Crippen LogP) is 3.03. The fourth-order valence-corrected chi connectivity index (χ4v) is 1.54. The Bertz CT molecular complexity index is 346. The van der Waals surface area contributed by atoms with Crippen LogP contribution in [0.5, 0.6) is 0 Å². The van der Waals surface area contributed by atoms with Crippen LogP contribution in [0.15, 0.2) is 60.7 Å². The maximum atomic E-state index is 3.42. The Morgan fingerprint density at radius 3 is 1.38 bits per heavy atom.